The molecule has 2 aromatic rings. The van der Waals surface area contributed by atoms with Crippen LogP contribution in [0.25, 0.3) is 10.2 Å². The van der Waals surface area contributed by atoms with Crippen LogP contribution in [-0.4, -0.2) is 34.2 Å². The number of nitrogens with one attached hydrogen (secondary N) is 1. The van der Waals surface area contributed by atoms with Crippen LogP contribution in [-0.2, 0) is 9.59 Å². The molecule has 5 nitrogen and oxygen atoms in total. The fourth-order valence-electron chi connectivity index (χ4n) is 1.91. The number of carbonyl (C=O) groups is 2. The first-order valence-electron chi connectivity index (χ1n) is 7.24. The number of carbonyl (C=O) groups excluding carboxylic acids is 2. The van der Waals surface area contributed by atoms with Crippen LogP contribution in [0.15, 0.2) is 28.6 Å². The van der Waals surface area contributed by atoms with E-state index in [0.717, 1.165) is 14.6 Å². The van der Waals surface area contributed by atoms with Gasteiger partial charge in [0.2, 0.25) is 11.8 Å². The quantitative estimate of drug-likeness (QED) is 0.789. The Morgan fingerprint density at radius 3 is 2.73 bits per heavy atom. The maximum absolute atomic E-state index is 12.2. The van der Waals surface area contributed by atoms with Crippen LogP contribution in [0.5, 0.6) is 0 Å². The van der Waals surface area contributed by atoms with Crippen molar-refractivity contribution in [2.24, 2.45) is 0 Å². The number of nitrogens with zero attached hydrogens (tertiary/aromatic N) is 2. The first-order chi connectivity index (χ1) is 10.6. The second-order valence-electron chi connectivity index (χ2n) is 4.58. The molecule has 1 aromatic carbocycles. The van der Waals surface area contributed by atoms with E-state index in [-0.39, 0.29) is 24.7 Å². The number of rotatable bonds is 7. The van der Waals surface area contributed by atoms with E-state index in [0.29, 0.717) is 13.1 Å². The Labute approximate surface area is 138 Å². The summed E-state index contributed by atoms with van der Waals surface area (Å²) in [7, 11) is 0. The van der Waals surface area contributed by atoms with Crippen molar-refractivity contribution in [3.63, 3.8) is 0 Å². The Morgan fingerprint density at radius 2 is 2.05 bits per heavy atom. The number of para-hydroxylation sites is 1. The number of hydrogen-bond donors (Lipinski definition) is 1. The first-order valence-corrected chi connectivity index (χ1v) is 8.83. The molecular weight excluding hydrogens is 318 g/mol. The lowest BCUT2D eigenvalue weighted by atomic mass is 10.3. The Balaban J connectivity index is 1.96. The molecule has 0 saturated carbocycles. The third-order valence-electron chi connectivity index (χ3n) is 2.97. The van der Waals surface area contributed by atoms with Gasteiger partial charge < -0.3 is 5.32 Å². The van der Waals surface area contributed by atoms with Crippen molar-refractivity contribution in [1.29, 1.82) is 0 Å². The van der Waals surface area contributed by atoms with Gasteiger partial charge in [0, 0.05) is 37.9 Å². The van der Waals surface area contributed by atoms with Crippen molar-refractivity contribution in [2.45, 2.75) is 31.0 Å². The summed E-state index contributed by atoms with van der Waals surface area (Å²) >= 11 is 2.92. The Hall–Kier alpha value is -1.60. The molecule has 2 rings (SSSR count). The highest BCUT2D eigenvalue weighted by molar-refractivity contribution is 7.99. The molecule has 0 aliphatic rings. The molecule has 0 fully saturated rings. The lowest BCUT2D eigenvalue weighted by Gasteiger charge is -2.17. The van der Waals surface area contributed by atoms with Gasteiger partial charge in [0.25, 0.3) is 0 Å². The predicted molar refractivity (Wildman–Crippen MR) is 90.8 cm³/mol. The summed E-state index contributed by atoms with van der Waals surface area (Å²) in [6, 6.07) is 7.91. The molecule has 0 saturated heterocycles. The van der Waals surface area contributed by atoms with Crippen molar-refractivity contribution in [3.05, 3.63) is 24.3 Å². The Bertz CT molecular complexity index is 624. The average molecular weight is 337 g/mol. The molecule has 7 heteroatoms. The molecule has 0 unspecified atom stereocenters. The molecule has 0 atom stereocenters. The minimum Gasteiger partial charge on any atom is -0.356 e. The van der Waals surface area contributed by atoms with Gasteiger partial charge in [0.1, 0.15) is 0 Å². The van der Waals surface area contributed by atoms with Gasteiger partial charge in [-0.2, -0.15) is 0 Å². The van der Waals surface area contributed by atoms with Gasteiger partial charge in [0.15, 0.2) is 4.34 Å². The maximum Gasteiger partial charge on any atom is 0.233 e. The van der Waals surface area contributed by atoms with Crippen LogP contribution in [0, 0.1) is 0 Å². The number of benzene rings is 1. The van der Waals surface area contributed by atoms with Crippen molar-refractivity contribution in [2.75, 3.05) is 13.1 Å². The predicted octanol–water partition coefficient (Wildman–Crippen LogP) is 3.07. The minimum absolute atomic E-state index is 0.0435. The summed E-state index contributed by atoms with van der Waals surface area (Å²) in [6.45, 7) is 4.95. The van der Waals surface area contributed by atoms with Gasteiger partial charge in [-0.15, -0.1) is 11.3 Å². The van der Waals surface area contributed by atoms with E-state index in [1.807, 2.05) is 38.1 Å². The summed E-state index contributed by atoms with van der Waals surface area (Å²) in [4.78, 5) is 28.2. The maximum atomic E-state index is 12.2. The van der Waals surface area contributed by atoms with Crippen LogP contribution in [0.4, 0.5) is 0 Å². The van der Waals surface area contributed by atoms with Crippen LogP contribution >= 0.6 is 23.3 Å². The summed E-state index contributed by atoms with van der Waals surface area (Å²) in [5.74, 6) is -0.130. The Morgan fingerprint density at radius 1 is 1.27 bits per heavy atom. The van der Waals surface area contributed by atoms with Crippen molar-refractivity contribution in [1.82, 2.24) is 14.6 Å². The van der Waals surface area contributed by atoms with Crippen LogP contribution in [0.1, 0.15) is 26.7 Å². The molecule has 1 aromatic heterocycles. The van der Waals surface area contributed by atoms with Crippen molar-refractivity contribution >= 4 is 45.3 Å². The lowest BCUT2D eigenvalue weighted by molar-refractivity contribution is -0.129. The van der Waals surface area contributed by atoms with Gasteiger partial charge in [-0.05, 0) is 26.0 Å². The molecule has 0 radical (unpaired) electrons. The Kier molecular flexibility index (Phi) is 6.21. The van der Waals surface area contributed by atoms with Gasteiger partial charge in [-0.25, -0.2) is 4.98 Å². The van der Waals surface area contributed by atoms with E-state index in [2.05, 4.69) is 10.3 Å². The van der Waals surface area contributed by atoms with E-state index in [9.17, 15) is 9.59 Å². The standard InChI is InChI=1S/C15H19N3O2S2/c1-3-16-13(19)9-10-14(20)18(4-2)22-15-17-11-7-5-6-8-12(11)21-15/h5-8H,3-4,9-10H2,1-2H3,(H,16,19). The molecule has 22 heavy (non-hydrogen) atoms. The third kappa shape index (κ3) is 4.45. The van der Waals surface area contributed by atoms with Gasteiger partial charge in [0.05, 0.1) is 10.2 Å². The van der Waals surface area contributed by atoms with Crippen LogP contribution in [0.3, 0.4) is 0 Å². The monoisotopic (exact) mass is 337 g/mol. The van der Waals surface area contributed by atoms with Crippen LogP contribution < -0.4 is 5.32 Å². The van der Waals surface area contributed by atoms with Crippen LogP contribution in [0.2, 0.25) is 0 Å². The number of amides is 2. The molecular formula is C15H19N3O2S2. The molecule has 1 heterocycles. The highest BCUT2D eigenvalue weighted by Gasteiger charge is 2.17. The minimum atomic E-state index is -0.0862. The molecule has 0 spiro atoms. The van der Waals surface area contributed by atoms with E-state index in [1.54, 1.807) is 15.6 Å². The van der Waals surface area contributed by atoms with Crippen molar-refractivity contribution in [3.8, 4) is 0 Å². The number of hydrogen-bond acceptors (Lipinski definition) is 5. The topological polar surface area (TPSA) is 62.3 Å². The zero-order chi connectivity index (χ0) is 15.9. The smallest absolute Gasteiger partial charge is 0.233 e. The highest BCUT2D eigenvalue weighted by Crippen LogP contribution is 2.31. The van der Waals surface area contributed by atoms with E-state index in [4.69, 9.17) is 0 Å². The van der Waals surface area contributed by atoms with Gasteiger partial charge in [-0.1, -0.05) is 12.1 Å². The van der Waals surface area contributed by atoms with E-state index >= 15 is 0 Å². The fraction of sp³-hybridized carbons (Fsp3) is 0.400. The summed E-state index contributed by atoms with van der Waals surface area (Å²) < 4.78 is 3.61. The number of thiazole rings is 1. The summed E-state index contributed by atoms with van der Waals surface area (Å²) in [6.07, 6.45) is 0.446. The van der Waals surface area contributed by atoms with E-state index < -0.39 is 0 Å². The third-order valence-corrected chi connectivity index (χ3v) is 5.20. The zero-order valence-corrected chi connectivity index (χ0v) is 14.3. The molecule has 0 bridgehead atoms. The zero-order valence-electron chi connectivity index (χ0n) is 12.7. The molecule has 118 valence electrons. The fourth-order valence-corrected chi connectivity index (χ4v) is 3.94. The normalized spacial score (nSPS) is 10.6. The largest absolute Gasteiger partial charge is 0.356 e. The highest BCUT2D eigenvalue weighted by atomic mass is 32.2. The second-order valence-corrected chi connectivity index (χ2v) is 6.88. The molecule has 1 N–H and O–H groups in total. The summed E-state index contributed by atoms with van der Waals surface area (Å²) in [5.41, 5.74) is 0.945. The number of aromatic nitrogens is 1. The van der Waals surface area contributed by atoms with E-state index in [1.165, 1.54) is 11.9 Å². The van der Waals surface area contributed by atoms with Crippen molar-refractivity contribution < 1.29 is 9.59 Å². The van der Waals surface area contributed by atoms with Gasteiger partial charge >= 0.3 is 0 Å². The molecule has 0 aliphatic heterocycles. The second kappa shape index (κ2) is 8.14. The first kappa shape index (κ1) is 16.8. The molecule has 2 amide bonds. The molecule has 0 aliphatic carbocycles. The SMILES string of the molecule is CCNC(=O)CCC(=O)N(CC)Sc1nc2ccccc2s1. The van der Waals surface area contributed by atoms with Gasteiger partial charge in [-0.3, -0.25) is 13.9 Å². The summed E-state index contributed by atoms with van der Waals surface area (Å²) in [5, 5.41) is 2.70. The number of fused-ring (bicyclic) bond motifs is 1. The lowest BCUT2D eigenvalue weighted by Crippen LogP contribution is -2.27. The average Bonchev–Trinajstić information content (AvgIpc) is 2.93.